The number of aromatic amines is 1. The lowest BCUT2D eigenvalue weighted by atomic mass is 10.1. The largest absolute Gasteiger partial charge is 0.353 e. The number of anilines is 1. The number of hydrogen-bond acceptors (Lipinski definition) is 3. The highest BCUT2D eigenvalue weighted by molar-refractivity contribution is 9.10. The molecule has 2 heterocycles. The van der Waals surface area contributed by atoms with Gasteiger partial charge in [-0.05, 0) is 30.7 Å². The van der Waals surface area contributed by atoms with Crippen molar-refractivity contribution in [3.05, 3.63) is 75.5 Å². The van der Waals surface area contributed by atoms with Gasteiger partial charge in [0.15, 0.2) is 0 Å². The molecular formula is C22H22BrN3O. The lowest BCUT2D eigenvalue weighted by Gasteiger charge is -2.10. The minimum Gasteiger partial charge on any atom is -0.353 e. The summed E-state index contributed by atoms with van der Waals surface area (Å²) in [6.45, 7) is 7.04. The predicted molar refractivity (Wildman–Crippen MR) is 114 cm³/mol. The molecule has 3 aromatic rings. The molecule has 0 saturated heterocycles. The van der Waals surface area contributed by atoms with Gasteiger partial charge in [0.1, 0.15) is 0 Å². The molecule has 0 unspecified atom stereocenters. The van der Waals surface area contributed by atoms with Crippen LogP contribution in [0, 0.1) is 0 Å². The second kappa shape index (κ2) is 7.71. The number of benzene rings is 2. The summed E-state index contributed by atoms with van der Waals surface area (Å²) >= 11 is 3.57. The van der Waals surface area contributed by atoms with Gasteiger partial charge >= 0.3 is 0 Å². The van der Waals surface area contributed by atoms with Gasteiger partial charge in [-0.3, -0.25) is 10.3 Å². The molecule has 4 rings (SSSR count). The Morgan fingerprint density at radius 1 is 1.19 bits per heavy atom. The lowest BCUT2D eigenvalue weighted by molar-refractivity contribution is 0.188. The molecule has 5 heteroatoms. The van der Waals surface area contributed by atoms with Crippen molar-refractivity contribution in [3.8, 4) is 0 Å². The van der Waals surface area contributed by atoms with Crippen LogP contribution in [0.15, 0.2) is 64.2 Å². The van der Waals surface area contributed by atoms with Crippen LogP contribution in [0.4, 0.5) is 5.69 Å². The molecule has 0 saturated carbocycles. The Bertz CT molecular complexity index is 1130. The maximum Gasteiger partial charge on any atom is 0.0939 e. The van der Waals surface area contributed by atoms with E-state index >= 15 is 0 Å². The maximum absolute atomic E-state index is 5.78. The summed E-state index contributed by atoms with van der Waals surface area (Å²) in [5.74, 6) is 0. The molecule has 0 aliphatic carbocycles. The molecule has 0 fully saturated rings. The van der Waals surface area contributed by atoms with Crippen molar-refractivity contribution in [3.63, 3.8) is 0 Å². The molecule has 1 aromatic heterocycles. The van der Waals surface area contributed by atoms with E-state index in [-0.39, 0.29) is 0 Å². The summed E-state index contributed by atoms with van der Waals surface area (Å²) in [4.78, 5) is 14.0. The summed E-state index contributed by atoms with van der Waals surface area (Å²) in [5.41, 5.74) is 7.89. The van der Waals surface area contributed by atoms with E-state index in [4.69, 9.17) is 4.84 Å². The summed E-state index contributed by atoms with van der Waals surface area (Å²) in [7, 11) is 0. The molecule has 1 aliphatic rings. The van der Waals surface area contributed by atoms with E-state index in [0.29, 0.717) is 6.61 Å². The van der Waals surface area contributed by atoms with E-state index in [9.17, 15) is 0 Å². The first kappa shape index (κ1) is 18.0. The number of H-pyrrole nitrogens is 1. The number of fused-ring (bicyclic) bond motifs is 2. The zero-order chi connectivity index (χ0) is 18.8. The number of allylic oxidation sites excluding steroid dienone is 1. The molecule has 138 valence electrons. The first-order chi connectivity index (χ1) is 13.2. The highest BCUT2D eigenvalue weighted by atomic mass is 79.9. The van der Waals surface area contributed by atoms with Crippen molar-refractivity contribution >= 4 is 38.1 Å². The highest BCUT2D eigenvalue weighted by Crippen LogP contribution is 2.34. The monoisotopic (exact) mass is 423 g/mol. The lowest BCUT2D eigenvalue weighted by Crippen LogP contribution is -2.23. The van der Waals surface area contributed by atoms with Crippen LogP contribution in [0.1, 0.15) is 31.9 Å². The molecule has 1 aliphatic heterocycles. The maximum atomic E-state index is 5.78. The van der Waals surface area contributed by atoms with Crippen LogP contribution in [-0.4, -0.2) is 11.6 Å². The molecule has 0 atom stereocenters. The molecule has 0 amide bonds. The van der Waals surface area contributed by atoms with Crippen LogP contribution < -0.4 is 16.1 Å². The van der Waals surface area contributed by atoms with Crippen LogP contribution in [0.3, 0.4) is 0 Å². The number of aromatic nitrogens is 1. The van der Waals surface area contributed by atoms with E-state index in [2.05, 4.69) is 63.1 Å². The number of nitrogens with one attached hydrogen (secondary N) is 2. The van der Waals surface area contributed by atoms with Crippen molar-refractivity contribution in [2.75, 3.05) is 12.1 Å². The van der Waals surface area contributed by atoms with Gasteiger partial charge < -0.3 is 4.98 Å². The number of para-hydroxylation sites is 1. The SMILES string of the molecule is C=C1N=c2ccc(Br)cc2=C1c1[nH]c2ccccc2c1NOCCCCC. The van der Waals surface area contributed by atoms with Crippen molar-refractivity contribution in [2.24, 2.45) is 4.99 Å². The molecular weight excluding hydrogens is 402 g/mol. The van der Waals surface area contributed by atoms with Gasteiger partial charge in [0, 0.05) is 26.2 Å². The first-order valence-corrected chi connectivity index (χ1v) is 10.0. The van der Waals surface area contributed by atoms with Crippen molar-refractivity contribution in [1.29, 1.82) is 0 Å². The Morgan fingerprint density at radius 3 is 2.89 bits per heavy atom. The predicted octanol–water partition coefficient (Wildman–Crippen LogP) is 4.81. The average Bonchev–Trinajstić information content (AvgIpc) is 3.18. The van der Waals surface area contributed by atoms with E-state index in [0.717, 1.165) is 61.4 Å². The fraction of sp³-hybridized carbons (Fsp3) is 0.227. The standard InChI is InChI=1S/C22H22BrN3O/c1-3-4-7-12-27-26-21-16-8-5-6-9-18(16)25-22(21)20-14(2)24-19-11-10-15(23)13-17(19)20/h5-6,8-11,13,25-26H,2-4,7,12H2,1H3. The fourth-order valence-electron chi connectivity index (χ4n) is 3.42. The van der Waals surface area contributed by atoms with Gasteiger partial charge in [0.2, 0.25) is 0 Å². The topological polar surface area (TPSA) is 49.4 Å². The highest BCUT2D eigenvalue weighted by Gasteiger charge is 2.21. The second-order valence-corrected chi connectivity index (χ2v) is 7.59. The third kappa shape index (κ3) is 3.45. The Hall–Kier alpha value is -2.37. The Kier molecular flexibility index (Phi) is 5.14. The van der Waals surface area contributed by atoms with Crippen molar-refractivity contribution in [1.82, 2.24) is 4.98 Å². The van der Waals surface area contributed by atoms with E-state index in [1.54, 1.807) is 0 Å². The Balaban J connectivity index is 1.82. The van der Waals surface area contributed by atoms with Crippen LogP contribution in [0.25, 0.3) is 16.5 Å². The molecule has 27 heavy (non-hydrogen) atoms. The third-order valence-electron chi connectivity index (χ3n) is 4.75. The smallest absolute Gasteiger partial charge is 0.0939 e. The summed E-state index contributed by atoms with van der Waals surface area (Å²) in [5, 5.41) is 3.09. The molecule has 2 N–H and O–H groups in total. The van der Waals surface area contributed by atoms with Gasteiger partial charge in [0.25, 0.3) is 0 Å². The van der Waals surface area contributed by atoms with E-state index in [1.165, 1.54) is 6.42 Å². The number of rotatable bonds is 7. The van der Waals surface area contributed by atoms with Gasteiger partial charge in [0.05, 0.1) is 29.0 Å². The number of halogens is 1. The van der Waals surface area contributed by atoms with Crippen molar-refractivity contribution < 1.29 is 4.84 Å². The molecule has 0 spiro atoms. The van der Waals surface area contributed by atoms with E-state index in [1.807, 2.05) is 24.3 Å². The molecule has 0 bridgehead atoms. The van der Waals surface area contributed by atoms with Crippen LogP contribution >= 0.6 is 15.9 Å². The second-order valence-electron chi connectivity index (χ2n) is 6.67. The Labute approximate surface area is 166 Å². The molecule has 4 nitrogen and oxygen atoms in total. The minimum atomic E-state index is 0.676. The summed E-state index contributed by atoms with van der Waals surface area (Å²) in [6, 6.07) is 14.3. The number of nitrogens with zero attached hydrogens (tertiary/aromatic N) is 1. The van der Waals surface area contributed by atoms with Crippen LogP contribution in [-0.2, 0) is 4.84 Å². The van der Waals surface area contributed by atoms with Gasteiger partial charge in [-0.2, -0.15) is 0 Å². The number of unbranched alkanes of at least 4 members (excludes halogenated alkanes) is 2. The molecule has 2 aromatic carbocycles. The third-order valence-corrected chi connectivity index (χ3v) is 5.25. The van der Waals surface area contributed by atoms with Gasteiger partial charge in [-0.15, -0.1) is 0 Å². The zero-order valence-electron chi connectivity index (χ0n) is 15.3. The normalized spacial score (nSPS) is 13.1. The first-order valence-electron chi connectivity index (χ1n) is 9.26. The van der Waals surface area contributed by atoms with Crippen molar-refractivity contribution in [2.45, 2.75) is 26.2 Å². The van der Waals surface area contributed by atoms with Crippen LogP contribution in [0.5, 0.6) is 0 Å². The van der Waals surface area contributed by atoms with Crippen LogP contribution in [0.2, 0.25) is 0 Å². The Morgan fingerprint density at radius 2 is 2.04 bits per heavy atom. The van der Waals surface area contributed by atoms with Gasteiger partial charge in [-0.1, -0.05) is 60.5 Å². The molecule has 0 radical (unpaired) electrons. The average molecular weight is 424 g/mol. The zero-order valence-corrected chi connectivity index (χ0v) is 16.9. The quantitative estimate of drug-likeness (QED) is 0.423. The van der Waals surface area contributed by atoms with E-state index < -0.39 is 0 Å². The summed E-state index contributed by atoms with van der Waals surface area (Å²) in [6.07, 6.45) is 3.37. The fourth-order valence-corrected chi connectivity index (χ4v) is 3.79. The van der Waals surface area contributed by atoms with Gasteiger partial charge in [-0.25, -0.2) is 4.99 Å². The number of hydrogen-bond donors (Lipinski definition) is 2. The summed E-state index contributed by atoms with van der Waals surface area (Å²) < 4.78 is 1.02. The minimum absolute atomic E-state index is 0.676.